The van der Waals surface area contributed by atoms with E-state index in [0.717, 1.165) is 24.4 Å². The number of carbonyl (C=O) groups is 2. The molecule has 0 bridgehead atoms. The van der Waals surface area contributed by atoms with Gasteiger partial charge in [0.1, 0.15) is 11.5 Å². The van der Waals surface area contributed by atoms with Gasteiger partial charge in [0.25, 0.3) is 0 Å². The second kappa shape index (κ2) is 9.58. The summed E-state index contributed by atoms with van der Waals surface area (Å²) in [6, 6.07) is 3.92. The SMILES string of the molecule is Cc1ccc(C[C@H](O)CC[C@H]2CCC(=O)N2CCSc2nc(C(=O)O)cs2)o1. The van der Waals surface area contributed by atoms with Crippen molar-refractivity contribution >= 4 is 35.0 Å². The predicted molar refractivity (Wildman–Crippen MR) is 107 cm³/mol. The highest BCUT2D eigenvalue weighted by molar-refractivity contribution is 8.01. The van der Waals surface area contributed by atoms with Gasteiger partial charge in [-0.25, -0.2) is 9.78 Å². The number of nitrogens with zero attached hydrogens (tertiary/aromatic N) is 2. The third-order valence-electron chi connectivity index (χ3n) is 4.78. The maximum Gasteiger partial charge on any atom is 0.355 e. The van der Waals surface area contributed by atoms with E-state index in [-0.39, 0.29) is 17.6 Å². The highest BCUT2D eigenvalue weighted by Gasteiger charge is 2.30. The first-order chi connectivity index (χ1) is 13.4. The first-order valence-electron chi connectivity index (χ1n) is 9.27. The van der Waals surface area contributed by atoms with Gasteiger partial charge in [0.2, 0.25) is 5.91 Å². The number of carboxylic acids is 1. The zero-order chi connectivity index (χ0) is 20.1. The van der Waals surface area contributed by atoms with Crippen LogP contribution in [0.1, 0.15) is 47.7 Å². The lowest BCUT2D eigenvalue weighted by Crippen LogP contribution is -2.35. The van der Waals surface area contributed by atoms with Gasteiger partial charge in [-0.2, -0.15) is 0 Å². The number of aliphatic hydroxyl groups is 1. The summed E-state index contributed by atoms with van der Waals surface area (Å²) in [4.78, 5) is 29.0. The van der Waals surface area contributed by atoms with Crippen LogP contribution in [0.4, 0.5) is 0 Å². The fraction of sp³-hybridized carbons (Fsp3) is 0.526. The fourth-order valence-electron chi connectivity index (χ4n) is 3.37. The fourth-order valence-corrected chi connectivity index (χ4v) is 5.18. The zero-order valence-electron chi connectivity index (χ0n) is 15.7. The number of carboxylic acid groups (broad SMARTS) is 1. The smallest absolute Gasteiger partial charge is 0.355 e. The van der Waals surface area contributed by atoms with Gasteiger partial charge in [0.05, 0.1) is 6.10 Å². The van der Waals surface area contributed by atoms with Crippen LogP contribution in [0, 0.1) is 6.92 Å². The predicted octanol–water partition coefficient (Wildman–Crippen LogP) is 3.21. The summed E-state index contributed by atoms with van der Waals surface area (Å²) in [6.45, 7) is 2.48. The number of hydrogen-bond acceptors (Lipinski definition) is 7. The van der Waals surface area contributed by atoms with E-state index in [2.05, 4.69) is 4.98 Å². The summed E-state index contributed by atoms with van der Waals surface area (Å²) in [5, 5.41) is 20.7. The zero-order valence-corrected chi connectivity index (χ0v) is 17.3. The van der Waals surface area contributed by atoms with Crippen LogP contribution in [0.5, 0.6) is 0 Å². The molecule has 0 saturated carbocycles. The van der Waals surface area contributed by atoms with Gasteiger partial charge < -0.3 is 19.5 Å². The molecular formula is C19H24N2O5S2. The third-order valence-corrected chi connectivity index (χ3v) is 6.78. The van der Waals surface area contributed by atoms with Crippen molar-refractivity contribution in [1.29, 1.82) is 0 Å². The second-order valence-corrected chi connectivity index (χ2v) is 9.08. The summed E-state index contributed by atoms with van der Waals surface area (Å²) in [5.41, 5.74) is 0.0587. The van der Waals surface area contributed by atoms with E-state index in [0.29, 0.717) is 35.9 Å². The Morgan fingerprint density at radius 1 is 1.50 bits per heavy atom. The molecule has 3 rings (SSSR count). The summed E-state index contributed by atoms with van der Waals surface area (Å²) < 4.78 is 6.21. The number of carbonyl (C=O) groups excluding carboxylic acids is 1. The van der Waals surface area contributed by atoms with Gasteiger partial charge in [-0.15, -0.1) is 11.3 Å². The number of furan rings is 1. The molecule has 9 heteroatoms. The first-order valence-corrected chi connectivity index (χ1v) is 11.1. The Morgan fingerprint density at radius 3 is 3.00 bits per heavy atom. The molecule has 28 heavy (non-hydrogen) atoms. The lowest BCUT2D eigenvalue weighted by molar-refractivity contribution is -0.128. The van der Waals surface area contributed by atoms with Crippen molar-refractivity contribution in [3.8, 4) is 0 Å². The van der Waals surface area contributed by atoms with Crippen molar-refractivity contribution in [2.45, 2.75) is 55.5 Å². The topological polar surface area (TPSA) is 104 Å². The van der Waals surface area contributed by atoms with Crippen LogP contribution in [-0.4, -0.2) is 56.4 Å². The highest BCUT2D eigenvalue weighted by Crippen LogP contribution is 2.27. The molecule has 0 aliphatic carbocycles. The van der Waals surface area contributed by atoms with Crippen molar-refractivity contribution in [3.05, 3.63) is 34.7 Å². The van der Waals surface area contributed by atoms with Gasteiger partial charge >= 0.3 is 5.97 Å². The Bertz CT molecular complexity index is 819. The molecule has 1 fully saturated rings. The molecule has 0 aromatic carbocycles. The minimum Gasteiger partial charge on any atom is -0.476 e. The normalized spacial score (nSPS) is 18.0. The molecule has 2 atom stereocenters. The molecule has 2 N–H and O–H groups in total. The number of hydrogen-bond donors (Lipinski definition) is 2. The van der Waals surface area contributed by atoms with Gasteiger partial charge in [-0.05, 0) is 38.3 Å². The van der Waals surface area contributed by atoms with E-state index in [9.17, 15) is 14.7 Å². The van der Waals surface area contributed by atoms with Crippen molar-refractivity contribution in [1.82, 2.24) is 9.88 Å². The molecule has 2 aromatic heterocycles. The molecule has 2 aromatic rings. The number of rotatable bonds is 10. The van der Waals surface area contributed by atoms with Crippen LogP contribution < -0.4 is 0 Å². The van der Waals surface area contributed by atoms with Crippen LogP contribution in [0.3, 0.4) is 0 Å². The standard InChI is InChI=1S/C19H24N2O5S2/c1-12-2-6-15(26-12)10-14(22)5-3-13-4-7-17(23)21(13)8-9-27-19-20-16(11-28-19)18(24)25/h2,6,11,13-14,22H,3-5,7-10H2,1H3,(H,24,25)/t13-,14+/m0/s1. The van der Waals surface area contributed by atoms with E-state index in [4.69, 9.17) is 9.52 Å². The molecule has 1 amide bonds. The number of thioether (sulfide) groups is 1. The Balaban J connectivity index is 1.43. The number of aromatic nitrogens is 1. The van der Waals surface area contributed by atoms with Gasteiger partial charge in [0, 0.05) is 36.6 Å². The maximum atomic E-state index is 12.2. The van der Waals surface area contributed by atoms with E-state index in [1.165, 1.54) is 28.5 Å². The summed E-state index contributed by atoms with van der Waals surface area (Å²) in [5.74, 6) is 1.41. The van der Waals surface area contributed by atoms with Gasteiger partial charge in [-0.1, -0.05) is 11.8 Å². The molecule has 0 spiro atoms. The number of likely N-dealkylation sites (tertiary alicyclic amines) is 1. The molecule has 0 unspecified atom stereocenters. The van der Waals surface area contributed by atoms with E-state index >= 15 is 0 Å². The Morgan fingerprint density at radius 2 is 2.32 bits per heavy atom. The Labute approximate surface area is 171 Å². The molecule has 0 radical (unpaired) electrons. The summed E-state index contributed by atoms with van der Waals surface area (Å²) in [7, 11) is 0. The van der Waals surface area contributed by atoms with Crippen LogP contribution in [0.2, 0.25) is 0 Å². The molecule has 1 saturated heterocycles. The quantitative estimate of drug-likeness (QED) is 0.564. The molecule has 3 heterocycles. The average Bonchev–Trinajstić information content (AvgIpc) is 3.35. The maximum absolute atomic E-state index is 12.2. The van der Waals surface area contributed by atoms with Gasteiger partial charge in [-0.3, -0.25) is 4.79 Å². The second-order valence-electron chi connectivity index (χ2n) is 6.88. The van der Waals surface area contributed by atoms with Crippen LogP contribution in [0.15, 0.2) is 26.3 Å². The number of amides is 1. The molecule has 152 valence electrons. The highest BCUT2D eigenvalue weighted by atomic mass is 32.2. The lowest BCUT2D eigenvalue weighted by atomic mass is 10.0. The minimum atomic E-state index is -1.03. The van der Waals surface area contributed by atoms with Crippen LogP contribution in [-0.2, 0) is 11.2 Å². The minimum absolute atomic E-state index is 0.0587. The third kappa shape index (κ3) is 5.59. The Hall–Kier alpha value is -1.84. The van der Waals surface area contributed by atoms with E-state index < -0.39 is 12.1 Å². The number of aromatic carboxylic acids is 1. The molecule has 1 aliphatic heterocycles. The van der Waals surface area contributed by atoms with E-state index in [1.807, 2.05) is 24.0 Å². The van der Waals surface area contributed by atoms with Crippen molar-refractivity contribution in [2.75, 3.05) is 12.3 Å². The van der Waals surface area contributed by atoms with Crippen LogP contribution >= 0.6 is 23.1 Å². The lowest BCUT2D eigenvalue weighted by Gasteiger charge is -2.25. The molecule has 7 nitrogen and oxygen atoms in total. The number of aryl methyl sites for hydroxylation is 1. The number of thiazole rings is 1. The average molecular weight is 425 g/mol. The summed E-state index contributed by atoms with van der Waals surface area (Å²) in [6.07, 6.45) is 2.75. The van der Waals surface area contributed by atoms with E-state index in [1.54, 1.807) is 0 Å². The van der Waals surface area contributed by atoms with Crippen molar-refractivity contribution < 1.29 is 24.2 Å². The largest absolute Gasteiger partial charge is 0.476 e. The van der Waals surface area contributed by atoms with Gasteiger partial charge in [0.15, 0.2) is 10.0 Å². The first kappa shape index (κ1) is 20.9. The van der Waals surface area contributed by atoms with Crippen molar-refractivity contribution in [2.24, 2.45) is 0 Å². The van der Waals surface area contributed by atoms with Crippen LogP contribution in [0.25, 0.3) is 0 Å². The monoisotopic (exact) mass is 424 g/mol. The molecule has 1 aliphatic rings. The summed E-state index contributed by atoms with van der Waals surface area (Å²) >= 11 is 2.77. The Kier molecular flexibility index (Phi) is 7.14. The van der Waals surface area contributed by atoms with Crippen molar-refractivity contribution in [3.63, 3.8) is 0 Å². The number of aliphatic hydroxyl groups excluding tert-OH is 1. The molecular weight excluding hydrogens is 400 g/mol.